The van der Waals surface area contributed by atoms with Gasteiger partial charge in [0.05, 0.1) is 25.4 Å². The van der Waals surface area contributed by atoms with Gasteiger partial charge >= 0.3 is 5.97 Å². The van der Waals surface area contributed by atoms with E-state index in [2.05, 4.69) is 19.2 Å². The molecule has 85 heavy (non-hydrogen) atoms. The summed E-state index contributed by atoms with van der Waals surface area (Å²) in [4.78, 5) is 24.6. The largest absolute Gasteiger partial charge is 0.466 e. The summed E-state index contributed by atoms with van der Waals surface area (Å²) in [6, 6.07) is -0.537. The number of hydrogen-bond acceptors (Lipinski definition) is 5. The molecule has 6 heteroatoms. The Bertz CT molecular complexity index is 1240. The Hall–Kier alpha value is -1.14. The molecule has 0 aliphatic rings. The second-order valence-electron chi connectivity index (χ2n) is 27.8. The molecule has 0 fully saturated rings. The van der Waals surface area contributed by atoms with Crippen LogP contribution in [0.5, 0.6) is 0 Å². The van der Waals surface area contributed by atoms with Gasteiger partial charge in [0.25, 0.3) is 0 Å². The topological polar surface area (TPSA) is 95.9 Å². The number of aliphatic hydroxyl groups excluding tert-OH is 2. The molecule has 0 aromatic carbocycles. The predicted molar refractivity (Wildman–Crippen MR) is 375 cm³/mol. The molecule has 508 valence electrons. The maximum atomic E-state index is 12.6. The molecule has 1 amide bonds. The monoisotopic (exact) mass is 1200 g/mol. The third-order valence-corrected chi connectivity index (χ3v) is 19.2. The van der Waals surface area contributed by atoms with Crippen LogP contribution in [-0.2, 0) is 14.3 Å². The van der Waals surface area contributed by atoms with Crippen LogP contribution in [-0.4, -0.2) is 47.4 Å². The highest BCUT2D eigenvalue weighted by atomic mass is 16.5. The minimum absolute atomic E-state index is 0.0240. The Morgan fingerprint density at radius 3 is 0.718 bits per heavy atom. The molecule has 2 unspecified atom stereocenters. The summed E-state index contributed by atoms with van der Waals surface area (Å²) >= 11 is 0. The fraction of sp³-hybridized carbons (Fsp3) is 0.975. The summed E-state index contributed by atoms with van der Waals surface area (Å²) in [6.07, 6.45) is 93.5. The van der Waals surface area contributed by atoms with Crippen molar-refractivity contribution in [2.24, 2.45) is 0 Å². The van der Waals surface area contributed by atoms with Gasteiger partial charge in [0.15, 0.2) is 0 Å². The van der Waals surface area contributed by atoms with E-state index in [0.717, 1.165) is 38.5 Å². The Labute approximate surface area is 534 Å². The standard InChI is InChI=1S/C79H157NO5/c1-3-5-7-9-11-13-15-17-19-20-38-41-44-47-51-55-59-63-67-71-77(82)76(75-81)80-78(83)72-68-64-60-56-52-48-45-42-39-36-34-32-30-28-26-24-22-21-23-25-27-29-31-33-35-37-40-43-46-50-54-58-62-66-70-74-85-79(84)73-69-65-61-57-53-49-18-16-14-12-10-8-6-4-2/h76-77,81-82H,3-75H2,1-2H3,(H,80,83). The zero-order valence-electron chi connectivity index (χ0n) is 58.4. The smallest absolute Gasteiger partial charge is 0.305 e. The van der Waals surface area contributed by atoms with Gasteiger partial charge in [0.1, 0.15) is 0 Å². The normalized spacial score (nSPS) is 12.4. The first-order chi connectivity index (χ1) is 42.0. The summed E-state index contributed by atoms with van der Waals surface area (Å²) in [5, 5.41) is 23.4. The van der Waals surface area contributed by atoms with Crippen LogP contribution in [0.25, 0.3) is 0 Å². The molecule has 0 bridgehead atoms. The third kappa shape index (κ3) is 71.8. The SMILES string of the molecule is CCCCCCCCCCCCCCCCCCCCCC(O)C(CO)NC(=O)CCCCCCCCCCCCCCCCCCCCCCCCCCCCCCCCCCCCCOC(=O)CCCCCCCCCCCCCCCC. The number of carbonyl (C=O) groups is 2. The quantitative estimate of drug-likeness (QED) is 0.0417. The van der Waals surface area contributed by atoms with E-state index in [0.29, 0.717) is 25.9 Å². The van der Waals surface area contributed by atoms with Gasteiger partial charge < -0.3 is 20.3 Å². The highest BCUT2D eigenvalue weighted by Gasteiger charge is 2.20. The van der Waals surface area contributed by atoms with Crippen LogP contribution in [0.3, 0.4) is 0 Å². The zero-order valence-corrected chi connectivity index (χ0v) is 58.4. The summed E-state index contributed by atoms with van der Waals surface area (Å²) in [7, 11) is 0. The number of ether oxygens (including phenoxy) is 1. The lowest BCUT2D eigenvalue weighted by atomic mass is 10.0. The van der Waals surface area contributed by atoms with Gasteiger partial charge in [0.2, 0.25) is 5.91 Å². The van der Waals surface area contributed by atoms with Crippen LogP contribution in [0.15, 0.2) is 0 Å². The maximum absolute atomic E-state index is 12.6. The summed E-state index contributed by atoms with van der Waals surface area (Å²) in [5.74, 6) is 0.00224. The molecular weight excluding hydrogens is 1040 g/mol. The molecule has 0 radical (unpaired) electrons. The van der Waals surface area contributed by atoms with Crippen LogP contribution in [0.1, 0.15) is 470 Å². The Kier molecular flexibility index (Phi) is 74.3. The van der Waals surface area contributed by atoms with Crippen molar-refractivity contribution in [2.75, 3.05) is 13.2 Å². The first-order valence-electron chi connectivity index (χ1n) is 39.8. The fourth-order valence-electron chi connectivity index (χ4n) is 13.1. The number of rotatable bonds is 76. The molecule has 0 aromatic rings. The number of esters is 1. The second kappa shape index (κ2) is 75.3. The molecule has 0 heterocycles. The van der Waals surface area contributed by atoms with E-state index in [1.807, 2.05) is 0 Å². The molecule has 0 aliphatic carbocycles. The van der Waals surface area contributed by atoms with Gasteiger partial charge in [-0.15, -0.1) is 0 Å². The Morgan fingerprint density at radius 1 is 0.282 bits per heavy atom. The molecule has 0 saturated heterocycles. The lowest BCUT2D eigenvalue weighted by molar-refractivity contribution is -0.143. The maximum Gasteiger partial charge on any atom is 0.305 e. The predicted octanol–water partition coefficient (Wildman–Crippen LogP) is 26.1. The zero-order chi connectivity index (χ0) is 61.3. The van der Waals surface area contributed by atoms with Crippen molar-refractivity contribution in [1.82, 2.24) is 5.32 Å². The lowest BCUT2D eigenvalue weighted by Gasteiger charge is -2.22. The van der Waals surface area contributed by atoms with Gasteiger partial charge in [-0.1, -0.05) is 431 Å². The number of aliphatic hydroxyl groups is 2. The molecular formula is C79H157NO5. The average Bonchev–Trinajstić information content (AvgIpc) is 3.51. The highest BCUT2D eigenvalue weighted by molar-refractivity contribution is 5.76. The van der Waals surface area contributed by atoms with Crippen molar-refractivity contribution in [2.45, 2.75) is 482 Å². The first kappa shape index (κ1) is 83.9. The minimum atomic E-state index is -0.660. The number of amides is 1. The highest BCUT2D eigenvalue weighted by Crippen LogP contribution is 2.21. The molecule has 0 rings (SSSR count). The number of carbonyl (C=O) groups excluding carboxylic acids is 2. The van der Waals surface area contributed by atoms with Gasteiger partial charge in [-0.05, 0) is 25.7 Å². The van der Waals surface area contributed by atoms with E-state index < -0.39 is 12.1 Å². The molecule has 6 nitrogen and oxygen atoms in total. The van der Waals surface area contributed by atoms with Crippen molar-refractivity contribution in [3.8, 4) is 0 Å². The van der Waals surface area contributed by atoms with E-state index in [9.17, 15) is 19.8 Å². The van der Waals surface area contributed by atoms with Gasteiger partial charge in [-0.25, -0.2) is 0 Å². The molecule has 0 aliphatic heterocycles. The molecule has 0 saturated carbocycles. The summed E-state index contributed by atoms with van der Waals surface area (Å²) in [6.45, 7) is 5.02. The van der Waals surface area contributed by atoms with Gasteiger partial charge in [-0.2, -0.15) is 0 Å². The van der Waals surface area contributed by atoms with E-state index in [1.54, 1.807) is 0 Å². The van der Waals surface area contributed by atoms with Crippen LogP contribution < -0.4 is 5.32 Å². The van der Waals surface area contributed by atoms with Crippen molar-refractivity contribution in [1.29, 1.82) is 0 Å². The van der Waals surface area contributed by atoms with E-state index in [4.69, 9.17) is 4.74 Å². The molecule has 0 spiro atoms. The van der Waals surface area contributed by atoms with Crippen molar-refractivity contribution in [3.05, 3.63) is 0 Å². The minimum Gasteiger partial charge on any atom is -0.466 e. The van der Waals surface area contributed by atoms with E-state index in [-0.39, 0.29) is 18.5 Å². The van der Waals surface area contributed by atoms with E-state index >= 15 is 0 Å². The van der Waals surface area contributed by atoms with Crippen LogP contribution in [0, 0.1) is 0 Å². The van der Waals surface area contributed by atoms with Crippen molar-refractivity contribution in [3.63, 3.8) is 0 Å². The molecule has 0 aromatic heterocycles. The molecule has 3 N–H and O–H groups in total. The van der Waals surface area contributed by atoms with Crippen LogP contribution in [0.2, 0.25) is 0 Å². The fourth-order valence-corrected chi connectivity index (χ4v) is 13.1. The van der Waals surface area contributed by atoms with Crippen LogP contribution >= 0.6 is 0 Å². The number of unbranched alkanes of at least 4 members (excludes halogenated alkanes) is 65. The number of nitrogens with one attached hydrogen (secondary N) is 1. The Balaban J connectivity index is 3.30. The second-order valence-corrected chi connectivity index (χ2v) is 27.8. The van der Waals surface area contributed by atoms with Gasteiger partial charge in [-0.3, -0.25) is 9.59 Å². The summed E-state index contributed by atoms with van der Waals surface area (Å²) in [5.41, 5.74) is 0. The number of hydrogen-bond donors (Lipinski definition) is 3. The van der Waals surface area contributed by atoms with Crippen molar-refractivity contribution >= 4 is 11.9 Å². The average molecular weight is 1200 g/mol. The van der Waals surface area contributed by atoms with E-state index in [1.165, 1.54) is 398 Å². The van der Waals surface area contributed by atoms with Gasteiger partial charge in [0, 0.05) is 12.8 Å². The summed E-state index contributed by atoms with van der Waals surface area (Å²) < 4.78 is 5.50. The third-order valence-electron chi connectivity index (χ3n) is 19.2. The first-order valence-corrected chi connectivity index (χ1v) is 39.8. The Morgan fingerprint density at radius 2 is 0.482 bits per heavy atom. The van der Waals surface area contributed by atoms with Crippen LogP contribution in [0.4, 0.5) is 0 Å². The lowest BCUT2D eigenvalue weighted by Crippen LogP contribution is -2.45. The van der Waals surface area contributed by atoms with Crippen molar-refractivity contribution < 1.29 is 24.5 Å². The molecule has 2 atom stereocenters.